The SMILES string of the molecule is CCc1nnc(Oc2cccc(N3CCC4(CC3)OCCO4)c2)n1CC. The van der Waals surface area contributed by atoms with Crippen molar-refractivity contribution in [3.8, 4) is 11.8 Å². The van der Waals surface area contributed by atoms with E-state index in [0.29, 0.717) is 19.2 Å². The topological polar surface area (TPSA) is 61.6 Å². The Morgan fingerprint density at radius 3 is 2.58 bits per heavy atom. The van der Waals surface area contributed by atoms with Crippen LogP contribution in [0.4, 0.5) is 5.69 Å². The monoisotopic (exact) mass is 358 g/mol. The summed E-state index contributed by atoms with van der Waals surface area (Å²) in [6.45, 7) is 8.18. The summed E-state index contributed by atoms with van der Waals surface area (Å²) >= 11 is 0. The third-order valence-corrected chi connectivity index (χ3v) is 5.16. The van der Waals surface area contributed by atoms with Gasteiger partial charge in [-0.05, 0) is 19.1 Å². The molecule has 0 atom stereocenters. The first-order valence-corrected chi connectivity index (χ1v) is 9.46. The molecule has 2 fully saturated rings. The fourth-order valence-corrected chi connectivity index (χ4v) is 3.71. The molecule has 0 aliphatic carbocycles. The van der Waals surface area contributed by atoms with Gasteiger partial charge in [0, 0.05) is 50.7 Å². The van der Waals surface area contributed by atoms with Gasteiger partial charge in [0.25, 0.3) is 0 Å². The van der Waals surface area contributed by atoms with E-state index in [-0.39, 0.29) is 5.79 Å². The van der Waals surface area contributed by atoms with Crippen LogP contribution in [0.3, 0.4) is 0 Å². The van der Waals surface area contributed by atoms with Crippen LogP contribution in [-0.4, -0.2) is 46.9 Å². The zero-order valence-corrected chi connectivity index (χ0v) is 15.5. The van der Waals surface area contributed by atoms with Crippen molar-refractivity contribution in [2.75, 3.05) is 31.2 Å². The lowest BCUT2D eigenvalue weighted by atomic mass is 10.0. The van der Waals surface area contributed by atoms with Gasteiger partial charge in [-0.1, -0.05) is 18.1 Å². The molecule has 2 aliphatic heterocycles. The third kappa shape index (κ3) is 3.29. The van der Waals surface area contributed by atoms with E-state index in [9.17, 15) is 0 Å². The molecule has 2 aliphatic rings. The molecule has 140 valence electrons. The molecule has 7 nitrogen and oxygen atoms in total. The van der Waals surface area contributed by atoms with Crippen LogP contribution in [0.5, 0.6) is 11.8 Å². The highest BCUT2D eigenvalue weighted by molar-refractivity contribution is 5.51. The van der Waals surface area contributed by atoms with E-state index in [1.165, 1.54) is 0 Å². The predicted octanol–water partition coefficient (Wildman–Crippen LogP) is 3.00. The Labute approximate surface area is 153 Å². The van der Waals surface area contributed by atoms with Gasteiger partial charge in [-0.15, -0.1) is 5.10 Å². The zero-order chi connectivity index (χ0) is 18.0. The molecule has 0 unspecified atom stereocenters. The highest BCUT2D eigenvalue weighted by atomic mass is 16.7. The van der Waals surface area contributed by atoms with Crippen LogP contribution in [0, 0.1) is 0 Å². The molecule has 0 saturated carbocycles. The summed E-state index contributed by atoms with van der Waals surface area (Å²) in [5, 5.41) is 8.39. The van der Waals surface area contributed by atoms with Crippen molar-refractivity contribution in [1.29, 1.82) is 0 Å². The van der Waals surface area contributed by atoms with Gasteiger partial charge >= 0.3 is 6.01 Å². The number of aryl methyl sites for hydroxylation is 1. The molecule has 0 N–H and O–H groups in total. The summed E-state index contributed by atoms with van der Waals surface area (Å²) in [7, 11) is 0. The van der Waals surface area contributed by atoms with Gasteiger partial charge in [-0.25, -0.2) is 0 Å². The Morgan fingerprint density at radius 2 is 1.88 bits per heavy atom. The summed E-state index contributed by atoms with van der Waals surface area (Å²) in [6, 6.07) is 8.70. The van der Waals surface area contributed by atoms with E-state index in [1.807, 2.05) is 16.7 Å². The second-order valence-corrected chi connectivity index (χ2v) is 6.69. The Morgan fingerprint density at radius 1 is 1.12 bits per heavy atom. The van der Waals surface area contributed by atoms with Gasteiger partial charge in [0.15, 0.2) is 5.79 Å². The van der Waals surface area contributed by atoms with Crippen LogP contribution in [0.15, 0.2) is 24.3 Å². The molecule has 3 heterocycles. The first-order chi connectivity index (χ1) is 12.7. The minimum atomic E-state index is -0.349. The lowest BCUT2D eigenvalue weighted by molar-refractivity contribution is -0.169. The minimum absolute atomic E-state index is 0.349. The molecule has 1 aromatic heterocycles. The maximum absolute atomic E-state index is 6.02. The number of hydrogen-bond acceptors (Lipinski definition) is 6. The summed E-state index contributed by atoms with van der Waals surface area (Å²) < 4.78 is 19.7. The Bertz CT molecular complexity index is 745. The maximum Gasteiger partial charge on any atom is 0.322 e. The quantitative estimate of drug-likeness (QED) is 0.819. The fourth-order valence-electron chi connectivity index (χ4n) is 3.71. The first-order valence-electron chi connectivity index (χ1n) is 9.46. The molecule has 1 spiro atoms. The third-order valence-electron chi connectivity index (χ3n) is 5.16. The predicted molar refractivity (Wildman–Crippen MR) is 97.7 cm³/mol. The molecular formula is C19H26N4O3. The van der Waals surface area contributed by atoms with Crippen LogP contribution in [0.2, 0.25) is 0 Å². The number of rotatable bonds is 5. The van der Waals surface area contributed by atoms with E-state index in [2.05, 4.69) is 41.1 Å². The summed E-state index contributed by atoms with van der Waals surface area (Å²) in [6.07, 6.45) is 2.62. The molecule has 4 rings (SSSR count). The van der Waals surface area contributed by atoms with Gasteiger partial charge in [-0.3, -0.25) is 4.57 Å². The summed E-state index contributed by atoms with van der Waals surface area (Å²) in [5.41, 5.74) is 1.15. The zero-order valence-electron chi connectivity index (χ0n) is 15.5. The largest absolute Gasteiger partial charge is 0.424 e. The molecule has 2 saturated heterocycles. The molecule has 0 bridgehead atoms. The molecule has 0 radical (unpaired) electrons. The van der Waals surface area contributed by atoms with Crippen LogP contribution in [0.25, 0.3) is 0 Å². The summed E-state index contributed by atoms with van der Waals surface area (Å²) in [5.74, 6) is 1.37. The molecule has 26 heavy (non-hydrogen) atoms. The number of hydrogen-bond donors (Lipinski definition) is 0. The van der Waals surface area contributed by atoms with Crippen molar-refractivity contribution < 1.29 is 14.2 Å². The van der Waals surface area contributed by atoms with Gasteiger partial charge in [-0.2, -0.15) is 0 Å². The van der Waals surface area contributed by atoms with Crippen LogP contribution >= 0.6 is 0 Å². The number of ether oxygens (including phenoxy) is 3. The standard InChI is InChI=1S/C19H26N4O3/c1-3-17-20-21-18(23(17)4-2)26-16-7-5-6-15(14-16)22-10-8-19(9-11-22)24-12-13-25-19/h5-7,14H,3-4,8-13H2,1-2H3. The highest BCUT2D eigenvalue weighted by Crippen LogP contribution is 2.34. The Hall–Kier alpha value is -2.12. The highest BCUT2D eigenvalue weighted by Gasteiger charge is 2.39. The normalized spacial score (nSPS) is 19.2. The van der Waals surface area contributed by atoms with Crippen molar-refractivity contribution in [1.82, 2.24) is 14.8 Å². The van der Waals surface area contributed by atoms with Gasteiger partial charge in [0.2, 0.25) is 0 Å². The van der Waals surface area contributed by atoms with Crippen LogP contribution in [0.1, 0.15) is 32.5 Å². The maximum atomic E-state index is 6.02. The minimum Gasteiger partial charge on any atom is -0.424 e. The number of benzene rings is 1. The van der Waals surface area contributed by atoms with E-state index in [4.69, 9.17) is 14.2 Å². The van der Waals surface area contributed by atoms with Crippen LogP contribution in [-0.2, 0) is 22.4 Å². The fraction of sp³-hybridized carbons (Fsp3) is 0.579. The van der Waals surface area contributed by atoms with E-state index in [0.717, 1.165) is 56.2 Å². The summed E-state index contributed by atoms with van der Waals surface area (Å²) in [4.78, 5) is 2.35. The van der Waals surface area contributed by atoms with Gasteiger partial charge in [0.05, 0.1) is 13.2 Å². The van der Waals surface area contributed by atoms with Crippen molar-refractivity contribution in [2.45, 2.75) is 45.4 Å². The van der Waals surface area contributed by atoms with Gasteiger partial charge in [0.1, 0.15) is 11.6 Å². The first kappa shape index (κ1) is 17.3. The molecule has 7 heteroatoms. The molecule has 0 amide bonds. The van der Waals surface area contributed by atoms with Crippen molar-refractivity contribution >= 4 is 5.69 Å². The van der Waals surface area contributed by atoms with Gasteiger partial charge < -0.3 is 19.1 Å². The lowest BCUT2D eigenvalue weighted by Gasteiger charge is -2.38. The van der Waals surface area contributed by atoms with Crippen molar-refractivity contribution in [3.63, 3.8) is 0 Å². The van der Waals surface area contributed by atoms with Crippen molar-refractivity contribution in [3.05, 3.63) is 30.1 Å². The number of aromatic nitrogens is 3. The number of piperidine rings is 1. The smallest absolute Gasteiger partial charge is 0.322 e. The molecule has 2 aromatic rings. The lowest BCUT2D eigenvalue weighted by Crippen LogP contribution is -2.45. The van der Waals surface area contributed by atoms with E-state index < -0.39 is 0 Å². The Kier molecular flexibility index (Phi) is 4.82. The molecular weight excluding hydrogens is 332 g/mol. The second kappa shape index (κ2) is 7.25. The van der Waals surface area contributed by atoms with Crippen molar-refractivity contribution in [2.24, 2.45) is 0 Å². The number of anilines is 1. The number of nitrogens with zero attached hydrogens (tertiary/aromatic N) is 4. The second-order valence-electron chi connectivity index (χ2n) is 6.69. The molecule has 1 aromatic carbocycles. The average molecular weight is 358 g/mol. The average Bonchev–Trinajstić information content (AvgIpc) is 3.29. The van der Waals surface area contributed by atoms with E-state index in [1.54, 1.807) is 0 Å². The Balaban J connectivity index is 1.46. The van der Waals surface area contributed by atoms with Crippen LogP contribution < -0.4 is 9.64 Å². The van der Waals surface area contributed by atoms with E-state index >= 15 is 0 Å².